The van der Waals surface area contributed by atoms with Crippen LogP contribution < -0.4 is 10.2 Å². The molecule has 1 heterocycles. The molecule has 6 heteroatoms. The number of Topliss-reactive ketones (excluding diaryl/α,β-unsaturated/α-hetero) is 1. The van der Waals surface area contributed by atoms with Crippen molar-refractivity contribution in [2.45, 2.75) is 6.42 Å². The standard InChI is InChI=1S/C18H12ClIO4/c1-23-18-13(19)9-12-15(22)8-11(24-17(12)16(18)20)7-14(21)10-5-3-2-4-6-10/h2-6,8-9H,7H2,1H3. The van der Waals surface area contributed by atoms with Crippen molar-refractivity contribution in [3.8, 4) is 5.75 Å². The second-order valence-corrected chi connectivity index (χ2v) is 6.61. The molecule has 0 fully saturated rings. The largest absolute Gasteiger partial charge is 0.494 e. The molecule has 0 aliphatic rings. The first kappa shape index (κ1) is 17.0. The van der Waals surface area contributed by atoms with E-state index in [9.17, 15) is 9.59 Å². The van der Waals surface area contributed by atoms with Crippen LogP contribution in [0, 0.1) is 3.57 Å². The van der Waals surface area contributed by atoms with E-state index < -0.39 is 0 Å². The van der Waals surface area contributed by atoms with Crippen molar-refractivity contribution in [2.24, 2.45) is 0 Å². The van der Waals surface area contributed by atoms with E-state index in [1.807, 2.05) is 28.7 Å². The summed E-state index contributed by atoms with van der Waals surface area (Å²) in [6.45, 7) is 0. The minimum absolute atomic E-state index is 0.0101. The average molecular weight is 455 g/mol. The van der Waals surface area contributed by atoms with Crippen LogP contribution in [0.2, 0.25) is 5.02 Å². The van der Waals surface area contributed by atoms with Crippen molar-refractivity contribution in [2.75, 3.05) is 7.11 Å². The second kappa shape index (κ2) is 6.94. The molecule has 0 aliphatic heterocycles. The van der Waals surface area contributed by atoms with E-state index in [2.05, 4.69) is 0 Å². The molecule has 0 unspecified atom stereocenters. The van der Waals surface area contributed by atoms with E-state index in [1.54, 1.807) is 24.3 Å². The highest BCUT2D eigenvalue weighted by Gasteiger charge is 2.17. The molecule has 3 aromatic rings. The lowest BCUT2D eigenvalue weighted by molar-refractivity contribution is 0.0987. The molecule has 0 radical (unpaired) electrons. The summed E-state index contributed by atoms with van der Waals surface area (Å²) in [5, 5.41) is 0.705. The van der Waals surface area contributed by atoms with Crippen LogP contribution in [-0.4, -0.2) is 12.9 Å². The molecule has 0 bridgehead atoms. The van der Waals surface area contributed by atoms with Gasteiger partial charge in [0.15, 0.2) is 22.5 Å². The highest BCUT2D eigenvalue weighted by molar-refractivity contribution is 14.1. The topological polar surface area (TPSA) is 56.5 Å². The van der Waals surface area contributed by atoms with Crippen LogP contribution in [0.1, 0.15) is 16.1 Å². The van der Waals surface area contributed by atoms with Crippen molar-refractivity contribution in [3.05, 3.63) is 72.6 Å². The van der Waals surface area contributed by atoms with Crippen molar-refractivity contribution >= 4 is 50.9 Å². The molecule has 2 aromatic carbocycles. The normalized spacial score (nSPS) is 10.8. The van der Waals surface area contributed by atoms with Gasteiger partial charge in [-0.15, -0.1) is 0 Å². The Morgan fingerprint density at radius 3 is 2.62 bits per heavy atom. The number of carbonyl (C=O) groups excluding carboxylic acids is 1. The molecule has 0 saturated heterocycles. The smallest absolute Gasteiger partial charge is 0.193 e. The Morgan fingerprint density at radius 2 is 1.96 bits per heavy atom. The number of hydrogen-bond donors (Lipinski definition) is 0. The summed E-state index contributed by atoms with van der Waals surface area (Å²) in [4.78, 5) is 24.7. The molecule has 3 rings (SSSR count). The van der Waals surface area contributed by atoms with Crippen molar-refractivity contribution in [1.82, 2.24) is 0 Å². The van der Waals surface area contributed by atoms with Gasteiger partial charge in [-0.3, -0.25) is 9.59 Å². The number of halogens is 2. The Balaban J connectivity index is 2.07. The lowest BCUT2D eigenvalue weighted by atomic mass is 10.1. The summed E-state index contributed by atoms with van der Waals surface area (Å²) in [6, 6.07) is 11.7. The van der Waals surface area contributed by atoms with Gasteiger partial charge < -0.3 is 9.15 Å². The lowest BCUT2D eigenvalue weighted by Crippen LogP contribution is -2.08. The van der Waals surface area contributed by atoms with Crippen LogP contribution in [0.3, 0.4) is 0 Å². The molecular weight excluding hydrogens is 443 g/mol. The Hall–Kier alpha value is -1.86. The fourth-order valence-electron chi connectivity index (χ4n) is 2.41. The molecular formula is C18H12ClIO4. The quantitative estimate of drug-likeness (QED) is 0.431. The van der Waals surface area contributed by atoms with E-state index in [0.717, 1.165) is 0 Å². The van der Waals surface area contributed by atoms with Gasteiger partial charge in [0.2, 0.25) is 0 Å². The van der Waals surface area contributed by atoms with Crippen molar-refractivity contribution in [3.63, 3.8) is 0 Å². The minimum Gasteiger partial charge on any atom is -0.494 e. The maximum Gasteiger partial charge on any atom is 0.193 e. The Morgan fingerprint density at radius 1 is 1.25 bits per heavy atom. The van der Waals surface area contributed by atoms with E-state index >= 15 is 0 Å². The zero-order valence-electron chi connectivity index (χ0n) is 12.6. The zero-order valence-corrected chi connectivity index (χ0v) is 15.6. The molecule has 0 atom stereocenters. The van der Waals surface area contributed by atoms with Gasteiger partial charge >= 0.3 is 0 Å². The summed E-state index contributed by atoms with van der Waals surface area (Å²) in [7, 11) is 1.50. The first-order chi connectivity index (χ1) is 11.5. The van der Waals surface area contributed by atoms with E-state index in [-0.39, 0.29) is 17.6 Å². The number of rotatable bonds is 4. The van der Waals surface area contributed by atoms with Crippen LogP contribution in [0.5, 0.6) is 5.75 Å². The molecule has 0 amide bonds. The van der Waals surface area contributed by atoms with Crippen LogP contribution in [0.4, 0.5) is 0 Å². The molecule has 0 spiro atoms. The van der Waals surface area contributed by atoms with Gasteiger partial charge in [0.1, 0.15) is 5.76 Å². The molecule has 0 N–H and O–H groups in total. The fourth-order valence-corrected chi connectivity index (χ4v) is 3.76. The molecule has 1 aromatic heterocycles. The van der Waals surface area contributed by atoms with E-state index in [1.165, 1.54) is 19.2 Å². The maximum absolute atomic E-state index is 12.3. The number of carbonyl (C=O) groups is 1. The number of hydrogen-bond acceptors (Lipinski definition) is 4. The van der Waals surface area contributed by atoms with Gasteiger partial charge in [0.05, 0.1) is 27.5 Å². The molecule has 0 saturated carbocycles. The monoisotopic (exact) mass is 454 g/mol. The van der Waals surface area contributed by atoms with Crippen LogP contribution in [0.25, 0.3) is 11.0 Å². The fraction of sp³-hybridized carbons (Fsp3) is 0.111. The van der Waals surface area contributed by atoms with Gasteiger partial charge in [0.25, 0.3) is 0 Å². The summed E-state index contributed by atoms with van der Waals surface area (Å²) in [6.07, 6.45) is 0.0101. The van der Waals surface area contributed by atoms with Crippen molar-refractivity contribution < 1.29 is 13.9 Å². The Labute approximate surface area is 156 Å². The van der Waals surface area contributed by atoms with E-state index in [4.69, 9.17) is 20.8 Å². The predicted octanol–water partition coefficient (Wildman–Crippen LogP) is 4.49. The third-order valence-electron chi connectivity index (χ3n) is 3.56. The molecule has 122 valence electrons. The van der Waals surface area contributed by atoms with Crippen LogP contribution in [-0.2, 0) is 6.42 Å². The number of fused-ring (bicyclic) bond motifs is 1. The third kappa shape index (κ3) is 3.18. The third-order valence-corrected chi connectivity index (χ3v) is 4.82. The van der Waals surface area contributed by atoms with Gasteiger partial charge in [-0.1, -0.05) is 41.9 Å². The van der Waals surface area contributed by atoms with Gasteiger partial charge in [-0.05, 0) is 28.7 Å². The molecule has 24 heavy (non-hydrogen) atoms. The van der Waals surface area contributed by atoms with Crippen LogP contribution >= 0.6 is 34.2 Å². The second-order valence-electron chi connectivity index (χ2n) is 5.13. The Kier molecular flexibility index (Phi) is 4.91. The summed E-state index contributed by atoms with van der Waals surface area (Å²) < 4.78 is 11.6. The highest BCUT2D eigenvalue weighted by atomic mass is 127. The van der Waals surface area contributed by atoms with Gasteiger partial charge in [-0.2, -0.15) is 0 Å². The Bertz CT molecular complexity index is 980. The zero-order chi connectivity index (χ0) is 17.3. The molecule has 4 nitrogen and oxygen atoms in total. The lowest BCUT2D eigenvalue weighted by Gasteiger charge is -2.09. The minimum atomic E-state index is -0.241. The predicted molar refractivity (Wildman–Crippen MR) is 101 cm³/mol. The number of ether oxygens (including phenoxy) is 1. The molecule has 0 aliphatic carbocycles. The number of benzene rings is 2. The average Bonchev–Trinajstić information content (AvgIpc) is 2.57. The highest BCUT2D eigenvalue weighted by Crippen LogP contribution is 2.35. The van der Waals surface area contributed by atoms with Crippen LogP contribution in [0.15, 0.2) is 51.7 Å². The van der Waals surface area contributed by atoms with Gasteiger partial charge in [-0.25, -0.2) is 0 Å². The van der Waals surface area contributed by atoms with E-state index in [0.29, 0.717) is 36.6 Å². The summed E-state index contributed by atoms with van der Waals surface area (Å²) in [5.74, 6) is 0.636. The van der Waals surface area contributed by atoms with Crippen molar-refractivity contribution in [1.29, 1.82) is 0 Å². The summed E-state index contributed by atoms with van der Waals surface area (Å²) in [5.41, 5.74) is 0.707. The van der Waals surface area contributed by atoms with Gasteiger partial charge in [0, 0.05) is 11.6 Å². The first-order valence-corrected chi connectivity index (χ1v) is 8.54. The SMILES string of the molecule is COc1c(Cl)cc2c(=O)cc(CC(=O)c3ccccc3)oc2c1I. The first-order valence-electron chi connectivity index (χ1n) is 7.08. The summed E-state index contributed by atoms with van der Waals surface area (Å²) >= 11 is 8.14. The number of methoxy groups -OCH3 is 1. The maximum atomic E-state index is 12.3. The number of ketones is 1.